The van der Waals surface area contributed by atoms with Crippen molar-refractivity contribution in [2.24, 2.45) is 38.4 Å². The quantitative estimate of drug-likeness (QED) is 0.321. The monoisotopic (exact) mass is 634 g/mol. The van der Waals surface area contributed by atoms with Crippen molar-refractivity contribution in [1.82, 2.24) is 0 Å². The Balaban J connectivity index is 1.50. The largest absolute Gasteiger partial charge is 0.508 e. The average Bonchev–Trinajstić information content (AvgIpc) is 2.80. The van der Waals surface area contributed by atoms with Gasteiger partial charge in [0.05, 0.1) is 21.7 Å². The van der Waals surface area contributed by atoms with Gasteiger partial charge in [-0.05, 0) is 117 Å². The highest BCUT2D eigenvalue weighted by Crippen LogP contribution is 2.88. The first kappa shape index (κ1) is 29.9. The molecular formula is C30H30F12O. The fourth-order valence-electron chi connectivity index (χ4n) is 12.6. The minimum atomic E-state index is -5.18. The van der Waals surface area contributed by atoms with Gasteiger partial charge in [0.2, 0.25) is 0 Å². The first-order valence-corrected chi connectivity index (χ1v) is 14.5. The summed E-state index contributed by atoms with van der Waals surface area (Å²) in [5.74, 6) is -1.39. The van der Waals surface area contributed by atoms with Crippen LogP contribution in [0.2, 0.25) is 0 Å². The molecule has 0 spiro atoms. The van der Waals surface area contributed by atoms with Crippen LogP contribution >= 0.6 is 0 Å². The minimum Gasteiger partial charge on any atom is -0.508 e. The average molecular weight is 635 g/mol. The molecule has 1 N–H and O–H groups in total. The molecule has 13 heteroatoms. The molecule has 8 aliphatic carbocycles. The second-order valence-corrected chi connectivity index (χ2v) is 15.6. The van der Waals surface area contributed by atoms with Crippen LogP contribution in [0.1, 0.15) is 82.6 Å². The SMILES string of the molecule is Oc1ccc(C23CC4(C(F)(F)F)CC(C(F)(F)F)(C2)CC(C25CC6CC(C(F)(F)F)(CC(C(F)(F)F)(C6)C2)C5)(C3)C4)cc1. The number of phenols is 1. The third-order valence-electron chi connectivity index (χ3n) is 13.1. The zero-order valence-electron chi connectivity index (χ0n) is 22.9. The molecule has 4 unspecified atom stereocenters. The Kier molecular flexibility index (Phi) is 5.39. The molecule has 0 amide bonds. The maximum absolute atomic E-state index is 15.2. The fourth-order valence-corrected chi connectivity index (χ4v) is 12.6. The molecule has 0 heterocycles. The lowest BCUT2D eigenvalue weighted by atomic mass is 9.25. The van der Waals surface area contributed by atoms with E-state index in [-0.39, 0.29) is 24.2 Å². The van der Waals surface area contributed by atoms with Crippen molar-refractivity contribution in [3.05, 3.63) is 29.8 Å². The minimum absolute atomic E-state index is 0.0943. The molecule has 4 atom stereocenters. The van der Waals surface area contributed by atoms with Crippen molar-refractivity contribution >= 4 is 0 Å². The van der Waals surface area contributed by atoms with Crippen LogP contribution in [0.5, 0.6) is 5.75 Å². The lowest BCUT2D eigenvalue weighted by Gasteiger charge is -2.78. The van der Waals surface area contributed by atoms with Gasteiger partial charge in [-0.1, -0.05) is 12.1 Å². The smallest absolute Gasteiger partial charge is 0.394 e. The van der Waals surface area contributed by atoms with Crippen molar-refractivity contribution in [3.8, 4) is 5.75 Å². The van der Waals surface area contributed by atoms with Crippen LogP contribution in [0, 0.1) is 38.4 Å². The molecule has 9 rings (SSSR count). The molecule has 8 aliphatic rings. The summed E-state index contributed by atoms with van der Waals surface area (Å²) in [6.45, 7) is 0. The summed E-state index contributed by atoms with van der Waals surface area (Å²) in [6.07, 6.45) is -29.9. The molecule has 8 fully saturated rings. The van der Waals surface area contributed by atoms with E-state index in [0.717, 1.165) is 12.1 Å². The zero-order chi connectivity index (χ0) is 31.5. The molecule has 0 aliphatic heterocycles. The van der Waals surface area contributed by atoms with Crippen LogP contribution in [0.4, 0.5) is 52.7 Å². The Morgan fingerprint density at radius 2 is 0.860 bits per heavy atom. The molecule has 0 radical (unpaired) electrons. The third kappa shape index (κ3) is 3.56. The van der Waals surface area contributed by atoms with E-state index in [1.165, 1.54) is 12.1 Å². The van der Waals surface area contributed by atoms with Gasteiger partial charge >= 0.3 is 24.7 Å². The molecular weight excluding hydrogens is 604 g/mol. The van der Waals surface area contributed by atoms with Crippen molar-refractivity contribution in [3.63, 3.8) is 0 Å². The first-order chi connectivity index (χ1) is 19.4. The van der Waals surface area contributed by atoms with Crippen molar-refractivity contribution in [2.75, 3.05) is 0 Å². The van der Waals surface area contributed by atoms with E-state index < -0.39 is 133 Å². The summed E-state index contributed by atoms with van der Waals surface area (Å²) in [5.41, 5.74) is -17.3. The predicted molar refractivity (Wildman–Crippen MR) is 127 cm³/mol. The highest BCUT2D eigenvalue weighted by Gasteiger charge is 2.86. The fraction of sp³-hybridized carbons (Fsp3) is 0.800. The van der Waals surface area contributed by atoms with Gasteiger partial charge in [0.15, 0.2) is 0 Å². The van der Waals surface area contributed by atoms with Gasteiger partial charge < -0.3 is 5.11 Å². The van der Waals surface area contributed by atoms with Gasteiger partial charge in [-0.2, -0.15) is 52.7 Å². The summed E-state index contributed by atoms with van der Waals surface area (Å²) >= 11 is 0. The summed E-state index contributed by atoms with van der Waals surface area (Å²) in [7, 11) is 0. The standard InChI is InChI=1S/C30H30F12O/c31-27(32,33)22-6-17-5-21(11-22,12-23(7-17,13-22)28(34,35)36)24-8-20(18-1-3-19(43)4-2-18)9-25(14-24,29(37,38)39)16-26(10-20,15-24)30(40,41)42/h1-4,17,43H,5-16H2. The van der Waals surface area contributed by atoms with Gasteiger partial charge in [0.25, 0.3) is 0 Å². The van der Waals surface area contributed by atoms with Crippen LogP contribution in [0.25, 0.3) is 0 Å². The van der Waals surface area contributed by atoms with Gasteiger partial charge in [0.1, 0.15) is 5.75 Å². The van der Waals surface area contributed by atoms with Crippen LogP contribution in [-0.4, -0.2) is 29.8 Å². The molecule has 1 aromatic rings. The zero-order valence-corrected chi connectivity index (χ0v) is 22.9. The van der Waals surface area contributed by atoms with E-state index in [2.05, 4.69) is 0 Å². The summed E-state index contributed by atoms with van der Waals surface area (Å²) in [5, 5.41) is 9.84. The van der Waals surface area contributed by atoms with Gasteiger partial charge in [-0.15, -0.1) is 0 Å². The predicted octanol–water partition coefficient (Wildman–Crippen LogP) is 10.2. The molecule has 0 aromatic heterocycles. The van der Waals surface area contributed by atoms with Gasteiger partial charge in [-0.3, -0.25) is 0 Å². The Morgan fingerprint density at radius 1 is 0.465 bits per heavy atom. The van der Waals surface area contributed by atoms with E-state index >= 15 is 26.3 Å². The van der Waals surface area contributed by atoms with E-state index in [1.807, 2.05) is 0 Å². The van der Waals surface area contributed by atoms with Crippen LogP contribution in [-0.2, 0) is 5.41 Å². The normalized spacial score (nSPS) is 47.4. The Bertz CT molecular complexity index is 1280. The van der Waals surface area contributed by atoms with Crippen molar-refractivity contribution in [1.29, 1.82) is 0 Å². The number of aromatic hydroxyl groups is 1. The maximum atomic E-state index is 15.2. The molecule has 43 heavy (non-hydrogen) atoms. The molecule has 1 nitrogen and oxygen atoms in total. The molecule has 1 aromatic carbocycles. The highest BCUT2D eigenvalue weighted by atomic mass is 19.4. The first-order valence-electron chi connectivity index (χ1n) is 14.5. The molecule has 240 valence electrons. The number of alkyl halides is 12. The van der Waals surface area contributed by atoms with Crippen LogP contribution in [0.15, 0.2) is 24.3 Å². The number of halogens is 12. The highest BCUT2D eigenvalue weighted by molar-refractivity contribution is 5.39. The Labute approximate surface area is 239 Å². The van der Waals surface area contributed by atoms with Crippen molar-refractivity contribution < 1.29 is 57.8 Å². The summed E-state index contributed by atoms with van der Waals surface area (Å²) in [4.78, 5) is 0. The number of phenolic OH excluding ortho intramolecular Hbond substituents is 1. The number of benzene rings is 1. The van der Waals surface area contributed by atoms with Crippen molar-refractivity contribution in [2.45, 2.75) is 107 Å². The second kappa shape index (κ2) is 7.76. The van der Waals surface area contributed by atoms with Crippen LogP contribution < -0.4 is 0 Å². The molecule has 8 bridgehead atoms. The third-order valence-corrected chi connectivity index (χ3v) is 13.1. The molecule has 0 saturated heterocycles. The van der Waals surface area contributed by atoms with Gasteiger partial charge in [0, 0.05) is 0 Å². The Morgan fingerprint density at radius 3 is 1.28 bits per heavy atom. The van der Waals surface area contributed by atoms with E-state index in [1.54, 1.807) is 0 Å². The summed E-state index contributed by atoms with van der Waals surface area (Å²) in [6, 6.07) is 4.78. The number of hydrogen-bond acceptors (Lipinski definition) is 1. The lowest BCUT2D eigenvalue weighted by molar-refractivity contribution is -0.404. The van der Waals surface area contributed by atoms with Crippen LogP contribution in [0.3, 0.4) is 0 Å². The number of rotatable bonds is 2. The summed E-state index contributed by atoms with van der Waals surface area (Å²) < 4.78 is 180. The lowest BCUT2D eigenvalue weighted by Crippen LogP contribution is -2.75. The second-order valence-electron chi connectivity index (χ2n) is 15.6. The maximum Gasteiger partial charge on any atom is 0.394 e. The van der Waals surface area contributed by atoms with Gasteiger partial charge in [-0.25, -0.2) is 0 Å². The van der Waals surface area contributed by atoms with E-state index in [0.29, 0.717) is 0 Å². The Hall–Kier alpha value is -1.82. The number of hydrogen-bond donors (Lipinski definition) is 1. The van der Waals surface area contributed by atoms with E-state index in [9.17, 15) is 31.4 Å². The molecule has 8 saturated carbocycles. The topological polar surface area (TPSA) is 20.2 Å². The van der Waals surface area contributed by atoms with E-state index in [4.69, 9.17) is 0 Å².